The van der Waals surface area contributed by atoms with E-state index in [0.717, 1.165) is 6.07 Å². The lowest BCUT2D eigenvalue weighted by Crippen LogP contribution is -2.56. The molecule has 0 heterocycles. The van der Waals surface area contributed by atoms with Crippen LogP contribution in [0.3, 0.4) is 0 Å². The van der Waals surface area contributed by atoms with E-state index in [-0.39, 0.29) is 11.1 Å². The van der Waals surface area contributed by atoms with E-state index in [9.17, 15) is 30.8 Å². The molecule has 0 bridgehead atoms. The highest BCUT2D eigenvalue weighted by Gasteiger charge is 2.51. The van der Waals surface area contributed by atoms with E-state index < -0.39 is 56.3 Å². The summed E-state index contributed by atoms with van der Waals surface area (Å²) in [6.07, 6.45) is -0.911. The van der Waals surface area contributed by atoms with Gasteiger partial charge in [0, 0.05) is 6.07 Å². The van der Waals surface area contributed by atoms with E-state index in [1.54, 1.807) is 4.72 Å². The molecule has 27 heavy (non-hydrogen) atoms. The Morgan fingerprint density at radius 2 is 1.78 bits per heavy atom. The van der Waals surface area contributed by atoms with Crippen molar-refractivity contribution in [3.63, 3.8) is 0 Å². The number of nitrogens with one attached hydrogen (secondary N) is 1. The third-order valence-corrected chi connectivity index (χ3v) is 6.42. The van der Waals surface area contributed by atoms with Crippen LogP contribution in [-0.4, -0.2) is 37.7 Å². The summed E-state index contributed by atoms with van der Waals surface area (Å²) in [4.78, 5) is 11.7. The van der Waals surface area contributed by atoms with Gasteiger partial charge < -0.3 is 4.74 Å². The summed E-state index contributed by atoms with van der Waals surface area (Å²) in [5.41, 5.74) is -0.408. The summed E-state index contributed by atoms with van der Waals surface area (Å²) in [7, 11) is -4.33. The van der Waals surface area contributed by atoms with Crippen LogP contribution < -0.4 is 4.72 Å². The molecule has 1 N–H and O–H groups in total. The van der Waals surface area contributed by atoms with E-state index in [0.29, 0.717) is 6.07 Å². The number of carbonyl (C=O) groups excluding carboxylic acids is 1. The van der Waals surface area contributed by atoms with Gasteiger partial charge in [-0.05, 0) is 61.7 Å². The van der Waals surface area contributed by atoms with Crippen LogP contribution in [0.5, 0.6) is 0 Å². The minimum atomic E-state index is -4.33. The summed E-state index contributed by atoms with van der Waals surface area (Å²) in [5.74, 6) is -8.36. The third-order valence-electron chi connectivity index (χ3n) is 3.60. The molecule has 0 aliphatic carbocycles. The Labute approximate surface area is 163 Å². The molecular formula is C16H20BrF4NO4S. The van der Waals surface area contributed by atoms with Crippen molar-refractivity contribution < 1.29 is 35.5 Å². The predicted molar refractivity (Wildman–Crippen MR) is 94.9 cm³/mol. The van der Waals surface area contributed by atoms with Crippen LogP contribution in [0.4, 0.5) is 17.6 Å². The first-order valence-electron chi connectivity index (χ1n) is 7.83. The quantitative estimate of drug-likeness (QED) is 0.370. The van der Waals surface area contributed by atoms with Crippen LogP contribution in [0.2, 0.25) is 0 Å². The van der Waals surface area contributed by atoms with Gasteiger partial charge in [-0.25, -0.2) is 26.7 Å². The number of rotatable bonds is 7. The van der Waals surface area contributed by atoms with E-state index in [1.807, 2.05) is 0 Å². The Morgan fingerprint density at radius 1 is 1.22 bits per heavy atom. The molecule has 1 aromatic rings. The molecule has 1 rings (SSSR count). The van der Waals surface area contributed by atoms with Crippen LogP contribution in [0.25, 0.3) is 0 Å². The molecule has 5 nitrogen and oxygen atoms in total. The molecule has 0 aliphatic heterocycles. The monoisotopic (exact) mass is 477 g/mol. The van der Waals surface area contributed by atoms with Gasteiger partial charge >= 0.3 is 11.9 Å². The summed E-state index contributed by atoms with van der Waals surface area (Å²) in [6, 6.07) is -0.964. The van der Waals surface area contributed by atoms with Crippen molar-refractivity contribution in [2.45, 2.75) is 50.8 Å². The van der Waals surface area contributed by atoms with E-state index in [1.165, 1.54) is 27.7 Å². The van der Waals surface area contributed by atoms with Gasteiger partial charge in [0.25, 0.3) is 0 Å². The minimum Gasteiger partial charge on any atom is -0.462 e. The molecule has 0 saturated carbocycles. The summed E-state index contributed by atoms with van der Waals surface area (Å²) in [6.45, 7) is 4.75. The number of carbonyl (C=O) groups is 1. The molecule has 1 aromatic carbocycles. The molecule has 0 aliphatic rings. The van der Waals surface area contributed by atoms with Gasteiger partial charge in [0.15, 0.2) is 0 Å². The molecule has 1 atom stereocenters. The number of sulfonamides is 1. The summed E-state index contributed by atoms with van der Waals surface area (Å²) < 4.78 is 85.6. The highest BCUT2D eigenvalue weighted by atomic mass is 79.9. The van der Waals surface area contributed by atoms with Crippen LogP contribution in [0.1, 0.15) is 33.3 Å². The molecule has 0 unspecified atom stereocenters. The zero-order valence-electron chi connectivity index (χ0n) is 15.1. The second kappa shape index (κ2) is 8.44. The zero-order valence-corrected chi connectivity index (χ0v) is 17.5. The van der Waals surface area contributed by atoms with Gasteiger partial charge in [0.2, 0.25) is 10.0 Å². The maximum absolute atomic E-state index is 14.6. The van der Waals surface area contributed by atoms with Crippen molar-refractivity contribution in [1.82, 2.24) is 4.72 Å². The lowest BCUT2D eigenvalue weighted by atomic mass is 10.0. The molecule has 0 aromatic heterocycles. The standard InChI is InChI=1S/C16H20BrF4NO4S/c1-5-26-14(23)16(20,21)13(22-27(24,25)15(2,3)4)7-9-6-10(17)12(19)8-11(9)18/h6,8,13,22H,5,7H2,1-4H3/t13-/m1/s1. The fraction of sp³-hybridized carbons (Fsp3) is 0.562. The van der Waals surface area contributed by atoms with Crippen LogP contribution in [-0.2, 0) is 26.0 Å². The van der Waals surface area contributed by atoms with Gasteiger partial charge in [-0.1, -0.05) is 0 Å². The Balaban J connectivity index is 3.38. The van der Waals surface area contributed by atoms with Crippen molar-refractivity contribution in [1.29, 1.82) is 0 Å². The Bertz CT molecular complexity index is 809. The Morgan fingerprint density at radius 3 is 2.26 bits per heavy atom. The van der Waals surface area contributed by atoms with E-state index in [2.05, 4.69) is 20.7 Å². The van der Waals surface area contributed by atoms with Gasteiger partial charge in [-0.3, -0.25) is 0 Å². The molecule has 0 saturated heterocycles. The first kappa shape index (κ1) is 23.8. The second-order valence-electron chi connectivity index (χ2n) is 6.69. The molecule has 0 amide bonds. The number of esters is 1. The number of alkyl halides is 2. The lowest BCUT2D eigenvalue weighted by molar-refractivity contribution is -0.175. The van der Waals surface area contributed by atoms with Gasteiger partial charge in [-0.15, -0.1) is 0 Å². The number of hydrogen-bond acceptors (Lipinski definition) is 4. The highest BCUT2D eigenvalue weighted by molar-refractivity contribution is 9.10. The first-order chi connectivity index (χ1) is 12.1. The smallest absolute Gasteiger partial charge is 0.378 e. The average molecular weight is 478 g/mol. The Hall–Kier alpha value is -1.20. The number of halogens is 5. The Kier molecular flexibility index (Phi) is 7.45. The predicted octanol–water partition coefficient (Wildman–Crippen LogP) is 3.55. The number of benzene rings is 1. The minimum absolute atomic E-state index is 0.198. The normalized spacial score (nSPS) is 14.1. The zero-order chi connectivity index (χ0) is 21.2. The fourth-order valence-electron chi connectivity index (χ4n) is 1.92. The SMILES string of the molecule is CCOC(=O)C(F)(F)[C@@H](Cc1cc(Br)c(F)cc1F)NS(=O)(=O)C(C)(C)C. The number of ether oxygens (including phenoxy) is 1. The molecule has 11 heteroatoms. The van der Waals surface area contributed by atoms with Gasteiger partial charge in [0.05, 0.1) is 15.8 Å². The van der Waals surface area contributed by atoms with Crippen LogP contribution in [0, 0.1) is 11.6 Å². The fourth-order valence-corrected chi connectivity index (χ4v) is 3.27. The van der Waals surface area contributed by atoms with Crippen molar-refractivity contribution in [2.24, 2.45) is 0 Å². The van der Waals surface area contributed by atoms with Crippen molar-refractivity contribution in [3.8, 4) is 0 Å². The molecular weight excluding hydrogens is 458 g/mol. The molecule has 0 radical (unpaired) electrons. The van der Waals surface area contributed by atoms with Gasteiger partial charge in [0.1, 0.15) is 17.7 Å². The van der Waals surface area contributed by atoms with Crippen molar-refractivity contribution in [3.05, 3.63) is 33.8 Å². The molecule has 154 valence electrons. The van der Waals surface area contributed by atoms with E-state index >= 15 is 0 Å². The third kappa shape index (κ3) is 5.64. The molecule has 0 fully saturated rings. The van der Waals surface area contributed by atoms with Crippen LogP contribution in [0.15, 0.2) is 16.6 Å². The first-order valence-corrected chi connectivity index (χ1v) is 10.1. The topological polar surface area (TPSA) is 72.5 Å². The summed E-state index contributed by atoms with van der Waals surface area (Å²) >= 11 is 2.81. The highest BCUT2D eigenvalue weighted by Crippen LogP contribution is 2.29. The second-order valence-corrected chi connectivity index (χ2v) is 10.0. The largest absolute Gasteiger partial charge is 0.462 e. The maximum Gasteiger partial charge on any atom is 0.378 e. The van der Waals surface area contributed by atoms with Crippen LogP contribution >= 0.6 is 15.9 Å². The summed E-state index contributed by atoms with van der Waals surface area (Å²) in [5, 5.41) is 0. The van der Waals surface area contributed by atoms with Crippen molar-refractivity contribution in [2.75, 3.05) is 6.61 Å². The van der Waals surface area contributed by atoms with Crippen molar-refractivity contribution >= 4 is 31.9 Å². The van der Waals surface area contributed by atoms with E-state index in [4.69, 9.17) is 0 Å². The average Bonchev–Trinajstić information content (AvgIpc) is 2.50. The lowest BCUT2D eigenvalue weighted by Gasteiger charge is -2.29. The molecule has 0 spiro atoms. The van der Waals surface area contributed by atoms with Gasteiger partial charge in [-0.2, -0.15) is 8.78 Å². The maximum atomic E-state index is 14.6. The number of hydrogen-bond donors (Lipinski definition) is 1.